The first-order chi connectivity index (χ1) is 18.2. The second-order valence-electron chi connectivity index (χ2n) is 8.96. The van der Waals surface area contributed by atoms with Crippen molar-refractivity contribution < 1.29 is 17.9 Å². The molecule has 0 spiro atoms. The number of piperazine rings is 1. The molecule has 1 N–H and O–H groups in total. The maximum absolute atomic E-state index is 13.5. The quantitative estimate of drug-likeness (QED) is 0.499. The fourth-order valence-corrected chi connectivity index (χ4v) is 4.06. The third-order valence-corrected chi connectivity index (χ3v) is 6.08. The molecule has 1 aliphatic carbocycles. The number of alkyl halides is 3. The number of anilines is 3. The molecular weight excluding hydrogens is 493 g/mol. The number of hydrogen-bond donors (Lipinski definition) is 1. The van der Waals surface area contributed by atoms with Crippen LogP contribution >= 0.6 is 0 Å². The van der Waals surface area contributed by atoms with E-state index < -0.39 is 11.7 Å². The summed E-state index contributed by atoms with van der Waals surface area (Å²) in [5, 5.41) is 3.06. The Labute approximate surface area is 223 Å². The number of allylic oxidation sites excluding steroid dienone is 4. The number of nitrogens with one attached hydrogen (secondary N) is 1. The third-order valence-electron chi connectivity index (χ3n) is 6.08. The molecule has 1 fully saturated rings. The van der Waals surface area contributed by atoms with Gasteiger partial charge in [0.2, 0.25) is 5.95 Å². The van der Waals surface area contributed by atoms with Crippen LogP contribution in [0.25, 0.3) is 0 Å². The van der Waals surface area contributed by atoms with Gasteiger partial charge in [-0.2, -0.15) is 23.1 Å². The van der Waals surface area contributed by atoms with Gasteiger partial charge in [0.15, 0.2) is 0 Å². The summed E-state index contributed by atoms with van der Waals surface area (Å²) in [6, 6.07) is 12.1. The van der Waals surface area contributed by atoms with E-state index in [1.807, 2.05) is 51.0 Å². The summed E-state index contributed by atoms with van der Waals surface area (Å²) in [4.78, 5) is 15.7. The number of ether oxygens (including phenoxy) is 1. The number of halogens is 3. The standard InChI is InChI=1S/C26H31F3N6O.C2H6/c1-33(2)24-17-23(30-21-9-10-22(36-3)16-20(15-21)26(27,28)29)31-25(32-24)35-13-11-34(12-14-35)18-19-7-5-4-6-8-19;1-2/h4-9,15-17H,10-14,18H2,1-3H3,(H,30,31,32);1-2H3. The number of hydrogen-bond acceptors (Lipinski definition) is 7. The van der Waals surface area contributed by atoms with Crippen molar-refractivity contribution in [1.29, 1.82) is 0 Å². The molecule has 0 radical (unpaired) electrons. The summed E-state index contributed by atoms with van der Waals surface area (Å²) < 4.78 is 45.7. The van der Waals surface area contributed by atoms with Crippen molar-refractivity contribution in [3.63, 3.8) is 0 Å². The van der Waals surface area contributed by atoms with Gasteiger partial charge in [-0.1, -0.05) is 50.3 Å². The van der Waals surface area contributed by atoms with Crippen LogP contribution in [0.1, 0.15) is 25.8 Å². The fraction of sp³-hybridized carbons (Fsp3) is 0.429. The highest BCUT2D eigenvalue weighted by molar-refractivity contribution is 5.58. The van der Waals surface area contributed by atoms with Crippen LogP contribution in [0.2, 0.25) is 0 Å². The summed E-state index contributed by atoms with van der Waals surface area (Å²) in [5.41, 5.74) is 0.789. The Bertz CT molecular complexity index is 1140. The van der Waals surface area contributed by atoms with Crippen LogP contribution in [0.15, 0.2) is 71.7 Å². The van der Waals surface area contributed by atoms with E-state index in [9.17, 15) is 13.2 Å². The Balaban J connectivity index is 0.00000195. The zero-order valence-corrected chi connectivity index (χ0v) is 22.7. The predicted octanol–water partition coefficient (Wildman–Crippen LogP) is 5.61. The highest BCUT2D eigenvalue weighted by Gasteiger charge is 2.33. The number of nitrogens with zero attached hydrogens (tertiary/aromatic N) is 5. The third kappa shape index (κ3) is 7.98. The molecule has 0 unspecified atom stereocenters. The van der Waals surface area contributed by atoms with Gasteiger partial charge in [0.05, 0.1) is 18.4 Å². The van der Waals surface area contributed by atoms with E-state index in [-0.39, 0.29) is 12.2 Å². The molecule has 206 valence electrons. The first kappa shape index (κ1) is 29.0. The largest absolute Gasteiger partial charge is 0.501 e. The molecule has 1 aromatic carbocycles. The lowest BCUT2D eigenvalue weighted by molar-refractivity contribution is -0.0884. The molecule has 0 atom stereocenters. The first-order valence-corrected chi connectivity index (χ1v) is 12.8. The van der Waals surface area contributed by atoms with Crippen molar-refractivity contribution in [1.82, 2.24) is 14.9 Å². The lowest BCUT2D eigenvalue weighted by Gasteiger charge is -2.35. The fourth-order valence-electron chi connectivity index (χ4n) is 4.06. The molecule has 2 aliphatic rings. The summed E-state index contributed by atoms with van der Waals surface area (Å²) in [5.74, 6) is 1.88. The van der Waals surface area contributed by atoms with Gasteiger partial charge in [0.1, 0.15) is 11.6 Å². The molecule has 0 amide bonds. The summed E-state index contributed by atoms with van der Waals surface area (Å²) in [6.45, 7) is 8.12. The van der Waals surface area contributed by atoms with Crippen molar-refractivity contribution >= 4 is 17.6 Å². The number of aromatic nitrogens is 2. The highest BCUT2D eigenvalue weighted by atomic mass is 19.4. The maximum atomic E-state index is 13.5. The molecule has 2 heterocycles. The maximum Gasteiger partial charge on any atom is 0.416 e. The monoisotopic (exact) mass is 530 g/mol. The molecule has 2 aromatic rings. The van der Waals surface area contributed by atoms with E-state index in [2.05, 4.69) is 32.2 Å². The van der Waals surface area contributed by atoms with Gasteiger partial charge in [0.25, 0.3) is 0 Å². The van der Waals surface area contributed by atoms with Crippen LogP contribution in [0.3, 0.4) is 0 Å². The molecule has 1 aliphatic heterocycles. The number of rotatable bonds is 7. The molecule has 1 saturated heterocycles. The topological polar surface area (TPSA) is 56.8 Å². The van der Waals surface area contributed by atoms with Gasteiger partial charge >= 0.3 is 6.18 Å². The summed E-state index contributed by atoms with van der Waals surface area (Å²) in [6.07, 6.45) is -0.507. The molecule has 4 rings (SSSR count). The van der Waals surface area contributed by atoms with Crippen molar-refractivity contribution in [2.24, 2.45) is 0 Å². The predicted molar refractivity (Wildman–Crippen MR) is 147 cm³/mol. The van der Waals surface area contributed by atoms with Crippen molar-refractivity contribution in [2.75, 3.05) is 62.5 Å². The molecule has 38 heavy (non-hydrogen) atoms. The Morgan fingerprint density at radius 2 is 1.68 bits per heavy atom. The second kappa shape index (κ2) is 13.3. The zero-order valence-electron chi connectivity index (χ0n) is 22.7. The smallest absolute Gasteiger partial charge is 0.416 e. The highest BCUT2D eigenvalue weighted by Crippen LogP contribution is 2.32. The Morgan fingerprint density at radius 3 is 2.29 bits per heavy atom. The summed E-state index contributed by atoms with van der Waals surface area (Å²) in [7, 11) is 5.11. The number of methoxy groups -OCH3 is 1. The van der Waals surface area contributed by atoms with Gasteiger partial charge in [-0.15, -0.1) is 0 Å². The van der Waals surface area contributed by atoms with E-state index in [1.54, 1.807) is 12.1 Å². The lowest BCUT2D eigenvalue weighted by atomic mass is 10.2. The van der Waals surface area contributed by atoms with Crippen molar-refractivity contribution in [3.05, 3.63) is 77.2 Å². The molecular formula is C28H37F3N6O. The average Bonchev–Trinajstić information content (AvgIpc) is 3.13. The van der Waals surface area contributed by atoms with E-state index >= 15 is 0 Å². The van der Waals surface area contributed by atoms with Gasteiger partial charge in [-0.3, -0.25) is 4.90 Å². The molecule has 0 bridgehead atoms. The van der Waals surface area contributed by atoms with Crippen LogP contribution in [0.5, 0.6) is 0 Å². The minimum Gasteiger partial charge on any atom is -0.501 e. The van der Waals surface area contributed by atoms with Crippen molar-refractivity contribution in [2.45, 2.75) is 33.0 Å². The van der Waals surface area contributed by atoms with Crippen LogP contribution in [-0.4, -0.2) is 68.4 Å². The Hall–Kier alpha value is -3.53. The second-order valence-corrected chi connectivity index (χ2v) is 8.96. The van der Waals surface area contributed by atoms with Gasteiger partial charge in [-0.05, 0) is 17.7 Å². The van der Waals surface area contributed by atoms with Gasteiger partial charge < -0.3 is 19.9 Å². The molecule has 1 aromatic heterocycles. The lowest BCUT2D eigenvalue weighted by Crippen LogP contribution is -2.46. The minimum absolute atomic E-state index is 0.233. The average molecular weight is 531 g/mol. The minimum atomic E-state index is -4.50. The van der Waals surface area contributed by atoms with Crippen LogP contribution < -0.4 is 15.1 Å². The van der Waals surface area contributed by atoms with Gasteiger partial charge in [0, 0.05) is 65.0 Å². The first-order valence-electron chi connectivity index (χ1n) is 12.8. The van der Waals surface area contributed by atoms with E-state index in [0.717, 1.165) is 44.9 Å². The molecule has 0 saturated carbocycles. The van der Waals surface area contributed by atoms with Crippen molar-refractivity contribution in [3.8, 4) is 0 Å². The number of benzene rings is 1. The van der Waals surface area contributed by atoms with E-state index in [0.29, 0.717) is 23.3 Å². The summed E-state index contributed by atoms with van der Waals surface area (Å²) >= 11 is 0. The van der Waals surface area contributed by atoms with E-state index in [4.69, 9.17) is 9.72 Å². The van der Waals surface area contributed by atoms with E-state index in [1.165, 1.54) is 12.7 Å². The SMILES string of the molecule is CC.COC1=CC(C(F)(F)F)=CC(Nc2cc(N(C)C)nc(N3CCN(Cc4ccccc4)CC3)n2)=CC1. The van der Waals surface area contributed by atoms with Crippen LogP contribution in [0.4, 0.5) is 30.8 Å². The molecule has 10 heteroatoms. The Morgan fingerprint density at radius 1 is 1.00 bits per heavy atom. The zero-order chi connectivity index (χ0) is 27.7. The Kier molecular flexibility index (Phi) is 10.2. The van der Waals surface area contributed by atoms with Crippen LogP contribution in [-0.2, 0) is 11.3 Å². The van der Waals surface area contributed by atoms with Crippen LogP contribution in [0, 0.1) is 0 Å². The van der Waals surface area contributed by atoms with Gasteiger partial charge in [-0.25, -0.2) is 0 Å². The normalized spacial score (nSPS) is 16.3. The molecule has 7 nitrogen and oxygen atoms in total.